The Hall–Kier alpha value is -1.53. The van der Waals surface area contributed by atoms with Gasteiger partial charge in [-0.3, -0.25) is 4.79 Å². The highest BCUT2D eigenvalue weighted by Gasteiger charge is 2.06. The van der Waals surface area contributed by atoms with Crippen molar-refractivity contribution >= 4 is 17.9 Å². The van der Waals surface area contributed by atoms with E-state index in [-0.39, 0.29) is 0 Å². The van der Waals surface area contributed by atoms with Gasteiger partial charge in [0.2, 0.25) is 0 Å². The second-order valence-corrected chi connectivity index (χ2v) is 3.10. The van der Waals surface area contributed by atoms with Crippen LogP contribution in [0.4, 0.5) is 0 Å². The van der Waals surface area contributed by atoms with Gasteiger partial charge in [0.05, 0.1) is 5.02 Å². The average molecular weight is 210 g/mol. The second-order valence-electron chi connectivity index (χ2n) is 2.70. The molecule has 1 aromatic carbocycles. The summed E-state index contributed by atoms with van der Waals surface area (Å²) in [5, 5.41) is 8.84. The predicted molar refractivity (Wildman–Crippen MR) is 52.5 cm³/mol. The van der Waals surface area contributed by atoms with E-state index < -0.39 is 6.10 Å². The first-order valence-electron chi connectivity index (χ1n) is 3.98. The van der Waals surface area contributed by atoms with Crippen LogP contribution in [0.25, 0.3) is 0 Å². The van der Waals surface area contributed by atoms with Gasteiger partial charge in [-0.1, -0.05) is 11.6 Å². The maximum absolute atomic E-state index is 10.4. The molecule has 0 aliphatic heterocycles. The third kappa shape index (κ3) is 2.48. The first-order chi connectivity index (χ1) is 6.67. The summed E-state index contributed by atoms with van der Waals surface area (Å²) in [7, 11) is 0. The van der Waals surface area contributed by atoms with Gasteiger partial charge < -0.3 is 4.74 Å². The maximum atomic E-state index is 10.4. The molecule has 0 heterocycles. The third-order valence-corrected chi connectivity index (χ3v) is 1.87. The van der Waals surface area contributed by atoms with Crippen molar-refractivity contribution in [2.75, 3.05) is 0 Å². The highest BCUT2D eigenvalue weighted by molar-refractivity contribution is 6.32. The molecule has 0 aromatic heterocycles. The summed E-state index contributed by atoms with van der Waals surface area (Å²) in [4.78, 5) is 10.4. The fourth-order valence-electron chi connectivity index (χ4n) is 0.903. The van der Waals surface area contributed by atoms with E-state index in [1.807, 2.05) is 6.07 Å². The molecule has 4 heteroatoms. The average Bonchev–Trinajstić information content (AvgIpc) is 2.20. The fourth-order valence-corrected chi connectivity index (χ4v) is 1.14. The molecule has 3 nitrogen and oxygen atoms in total. The van der Waals surface area contributed by atoms with Crippen molar-refractivity contribution in [3.8, 4) is 11.8 Å². The van der Waals surface area contributed by atoms with Crippen LogP contribution >= 0.6 is 11.6 Å². The minimum absolute atomic E-state index is 0.330. The Kier molecular flexibility index (Phi) is 3.49. The topological polar surface area (TPSA) is 50.1 Å². The van der Waals surface area contributed by atoms with Crippen molar-refractivity contribution in [1.82, 2.24) is 0 Å². The quantitative estimate of drug-likeness (QED) is 0.719. The van der Waals surface area contributed by atoms with Crippen LogP contribution in [0, 0.1) is 11.3 Å². The standard InChI is InChI=1S/C10H8ClNO2/c1-7(5-12)14-10-3-2-8(6-13)4-9(10)11/h2-4,6-7H,1H3. The monoisotopic (exact) mass is 209 g/mol. The SMILES string of the molecule is CC(C#N)Oc1ccc(C=O)cc1Cl. The van der Waals surface area contributed by atoms with Crippen LogP contribution in [0.1, 0.15) is 17.3 Å². The summed E-state index contributed by atoms with van der Waals surface area (Å²) in [5.74, 6) is 0.409. The largest absolute Gasteiger partial charge is 0.474 e. The van der Waals surface area contributed by atoms with Crippen molar-refractivity contribution in [1.29, 1.82) is 5.26 Å². The number of aldehydes is 1. The molecular formula is C10H8ClNO2. The van der Waals surface area contributed by atoms with Crippen molar-refractivity contribution < 1.29 is 9.53 Å². The number of nitriles is 1. The molecule has 72 valence electrons. The molecule has 0 radical (unpaired) electrons. The highest BCUT2D eigenvalue weighted by Crippen LogP contribution is 2.25. The summed E-state index contributed by atoms with van der Waals surface area (Å²) < 4.78 is 5.18. The molecule has 1 unspecified atom stereocenters. The van der Waals surface area contributed by atoms with Crippen LogP contribution in [-0.2, 0) is 0 Å². The smallest absolute Gasteiger partial charge is 0.181 e. The lowest BCUT2D eigenvalue weighted by Crippen LogP contribution is -2.08. The molecule has 14 heavy (non-hydrogen) atoms. The fraction of sp³-hybridized carbons (Fsp3) is 0.200. The molecule has 0 saturated carbocycles. The summed E-state index contributed by atoms with van der Waals surface area (Å²) >= 11 is 5.82. The molecule has 0 saturated heterocycles. The van der Waals surface area contributed by atoms with Crippen LogP contribution in [0.15, 0.2) is 18.2 Å². The van der Waals surface area contributed by atoms with Crippen molar-refractivity contribution in [2.45, 2.75) is 13.0 Å². The van der Waals surface area contributed by atoms with Gasteiger partial charge in [-0.2, -0.15) is 5.26 Å². The first kappa shape index (κ1) is 10.6. The number of rotatable bonds is 3. The number of ether oxygens (including phenoxy) is 1. The molecule has 1 atom stereocenters. The van der Waals surface area contributed by atoms with Crippen LogP contribution < -0.4 is 4.74 Å². The van der Waals surface area contributed by atoms with E-state index in [1.165, 1.54) is 6.07 Å². The van der Waals surface area contributed by atoms with E-state index in [0.29, 0.717) is 22.6 Å². The van der Waals surface area contributed by atoms with Crippen LogP contribution in [0.3, 0.4) is 0 Å². The normalized spacial score (nSPS) is 11.5. The number of halogens is 1. The maximum Gasteiger partial charge on any atom is 0.181 e. The molecule has 0 aliphatic rings. The second kappa shape index (κ2) is 4.64. The van der Waals surface area contributed by atoms with Gasteiger partial charge in [-0.15, -0.1) is 0 Å². The van der Waals surface area contributed by atoms with Crippen LogP contribution in [-0.4, -0.2) is 12.4 Å². The lowest BCUT2D eigenvalue weighted by molar-refractivity contribution is 0.112. The number of nitrogens with zero attached hydrogens (tertiary/aromatic N) is 1. The summed E-state index contributed by atoms with van der Waals surface area (Å²) in [6, 6.07) is 6.56. The van der Waals surface area contributed by atoms with E-state index >= 15 is 0 Å². The minimum Gasteiger partial charge on any atom is -0.474 e. The Morgan fingerprint density at radius 3 is 2.86 bits per heavy atom. The van der Waals surface area contributed by atoms with Gasteiger partial charge in [0.25, 0.3) is 0 Å². The third-order valence-electron chi connectivity index (χ3n) is 1.58. The number of carbonyl (C=O) groups is 1. The molecule has 0 amide bonds. The van der Waals surface area contributed by atoms with Gasteiger partial charge >= 0.3 is 0 Å². The molecular weight excluding hydrogens is 202 g/mol. The minimum atomic E-state index is -0.561. The van der Waals surface area contributed by atoms with Crippen molar-refractivity contribution in [2.24, 2.45) is 0 Å². The number of hydrogen-bond acceptors (Lipinski definition) is 3. The molecule has 0 fully saturated rings. The van der Waals surface area contributed by atoms with E-state index in [4.69, 9.17) is 21.6 Å². The van der Waals surface area contributed by atoms with E-state index in [9.17, 15) is 4.79 Å². The zero-order valence-electron chi connectivity index (χ0n) is 7.53. The van der Waals surface area contributed by atoms with Crippen molar-refractivity contribution in [3.63, 3.8) is 0 Å². The molecule has 0 aliphatic carbocycles. The first-order valence-corrected chi connectivity index (χ1v) is 4.36. The van der Waals surface area contributed by atoms with Gasteiger partial charge in [0.1, 0.15) is 18.1 Å². The highest BCUT2D eigenvalue weighted by atomic mass is 35.5. The number of hydrogen-bond donors (Lipinski definition) is 0. The zero-order chi connectivity index (χ0) is 10.6. The lowest BCUT2D eigenvalue weighted by Gasteiger charge is -2.09. The van der Waals surface area contributed by atoms with Crippen LogP contribution in [0.5, 0.6) is 5.75 Å². The van der Waals surface area contributed by atoms with E-state index in [2.05, 4.69) is 0 Å². The molecule has 1 rings (SSSR count). The van der Waals surface area contributed by atoms with Gasteiger partial charge in [0.15, 0.2) is 6.10 Å². The zero-order valence-corrected chi connectivity index (χ0v) is 8.28. The lowest BCUT2D eigenvalue weighted by atomic mass is 10.2. The number of benzene rings is 1. The summed E-state index contributed by atoms with van der Waals surface area (Å²) in [6.45, 7) is 1.62. The Balaban J connectivity index is 2.90. The van der Waals surface area contributed by atoms with E-state index in [1.54, 1.807) is 19.1 Å². The Bertz CT molecular complexity index is 384. The molecule has 0 spiro atoms. The van der Waals surface area contributed by atoms with Crippen LogP contribution in [0.2, 0.25) is 5.02 Å². The summed E-state index contributed by atoms with van der Waals surface area (Å²) in [5.41, 5.74) is 0.479. The van der Waals surface area contributed by atoms with Gasteiger partial charge in [0, 0.05) is 5.56 Å². The Labute approximate surface area is 86.9 Å². The number of carbonyl (C=O) groups excluding carboxylic acids is 1. The van der Waals surface area contributed by atoms with Gasteiger partial charge in [-0.05, 0) is 25.1 Å². The molecule has 0 N–H and O–H groups in total. The predicted octanol–water partition coefficient (Wildman–Crippen LogP) is 2.44. The van der Waals surface area contributed by atoms with E-state index in [0.717, 1.165) is 0 Å². The molecule has 0 bridgehead atoms. The molecule has 1 aromatic rings. The Morgan fingerprint density at radius 1 is 1.64 bits per heavy atom. The van der Waals surface area contributed by atoms with Gasteiger partial charge in [-0.25, -0.2) is 0 Å². The summed E-state index contributed by atoms with van der Waals surface area (Å²) in [6.07, 6.45) is 0.137. The van der Waals surface area contributed by atoms with Crippen molar-refractivity contribution in [3.05, 3.63) is 28.8 Å². The Morgan fingerprint density at radius 2 is 2.36 bits per heavy atom.